The van der Waals surface area contributed by atoms with Crippen molar-refractivity contribution >= 4 is 27.7 Å². The molecule has 35 heavy (non-hydrogen) atoms. The highest BCUT2D eigenvalue weighted by molar-refractivity contribution is 6.10. The highest BCUT2D eigenvalue weighted by Gasteiger charge is 2.19. The molecule has 6 aromatic rings. The Morgan fingerprint density at radius 2 is 1.66 bits per heavy atom. The molecule has 0 bridgehead atoms. The highest BCUT2D eigenvalue weighted by atomic mass is 19.1. The summed E-state index contributed by atoms with van der Waals surface area (Å²) in [5.41, 5.74) is 7.15. The van der Waals surface area contributed by atoms with E-state index in [9.17, 15) is 4.39 Å². The zero-order valence-electron chi connectivity index (χ0n) is 19.6. The van der Waals surface area contributed by atoms with Crippen molar-refractivity contribution in [1.29, 1.82) is 0 Å². The van der Waals surface area contributed by atoms with Crippen molar-refractivity contribution in [3.8, 4) is 34.6 Å². The number of halogens is 1. The lowest BCUT2D eigenvalue weighted by Crippen LogP contribution is -2.13. The fourth-order valence-corrected chi connectivity index (χ4v) is 4.59. The molecule has 0 aliphatic heterocycles. The summed E-state index contributed by atoms with van der Waals surface area (Å²) in [4.78, 5) is 9.70. The van der Waals surface area contributed by atoms with Gasteiger partial charge >= 0.3 is 0 Å². The molecule has 0 spiro atoms. The number of aromatic nitrogens is 5. The minimum absolute atomic E-state index is 0.267. The zero-order valence-corrected chi connectivity index (χ0v) is 19.6. The third-order valence-corrected chi connectivity index (χ3v) is 6.69. The van der Waals surface area contributed by atoms with Crippen LogP contribution in [-0.2, 0) is 5.41 Å². The van der Waals surface area contributed by atoms with Crippen molar-refractivity contribution in [2.24, 2.45) is 0 Å². The van der Waals surface area contributed by atoms with Crippen LogP contribution < -0.4 is 0 Å². The summed E-state index contributed by atoms with van der Waals surface area (Å²) in [5.74, 6) is 4.07. The van der Waals surface area contributed by atoms with E-state index in [-0.39, 0.29) is 11.2 Å². The van der Waals surface area contributed by atoms with E-state index in [1.165, 1.54) is 12.1 Å². The van der Waals surface area contributed by atoms with Crippen LogP contribution in [0.5, 0.6) is 0 Å². The number of rotatable bonds is 3. The van der Waals surface area contributed by atoms with E-state index in [1.807, 2.05) is 31.4 Å². The number of imidazole rings is 1. The van der Waals surface area contributed by atoms with Crippen LogP contribution in [0, 0.1) is 25.1 Å². The quantitative estimate of drug-likeness (QED) is 0.309. The second kappa shape index (κ2) is 7.51. The molecule has 3 aromatic carbocycles. The Labute approximate surface area is 201 Å². The van der Waals surface area contributed by atoms with E-state index in [1.54, 1.807) is 12.1 Å². The summed E-state index contributed by atoms with van der Waals surface area (Å²) >= 11 is 0. The zero-order chi connectivity index (χ0) is 24.3. The van der Waals surface area contributed by atoms with E-state index in [0.29, 0.717) is 5.78 Å². The van der Waals surface area contributed by atoms with Gasteiger partial charge in [0.25, 0.3) is 0 Å². The Morgan fingerprint density at radius 1 is 0.943 bits per heavy atom. The fraction of sp³-hybridized carbons (Fsp3) is 0.138. The maximum atomic E-state index is 13.6. The minimum atomic E-state index is -0.357. The average Bonchev–Trinajstić information content (AvgIpc) is 3.43. The molecule has 0 radical (unpaired) electrons. The van der Waals surface area contributed by atoms with Gasteiger partial charge in [-0.3, -0.25) is 9.38 Å². The van der Waals surface area contributed by atoms with E-state index in [2.05, 4.69) is 52.5 Å². The number of nitrogens with zero attached hydrogens (tertiary/aromatic N) is 4. The maximum Gasteiger partial charge on any atom is 0.230 e. The average molecular weight is 460 g/mol. The molecule has 0 unspecified atom stereocenters. The van der Waals surface area contributed by atoms with Crippen molar-refractivity contribution in [2.75, 3.05) is 0 Å². The molecule has 6 heteroatoms. The predicted molar refractivity (Wildman–Crippen MR) is 138 cm³/mol. The molecule has 0 atom stereocenters. The van der Waals surface area contributed by atoms with Crippen molar-refractivity contribution in [3.05, 3.63) is 84.1 Å². The molecule has 1 N–H and O–H groups in total. The summed E-state index contributed by atoms with van der Waals surface area (Å²) in [5, 5.41) is 8.16. The van der Waals surface area contributed by atoms with E-state index >= 15 is 0 Å². The largest absolute Gasteiger partial charge is 0.262 e. The van der Waals surface area contributed by atoms with Gasteiger partial charge in [0.15, 0.2) is 0 Å². The smallest absolute Gasteiger partial charge is 0.230 e. The van der Waals surface area contributed by atoms with Crippen LogP contribution in [0.15, 0.2) is 66.9 Å². The first-order valence-corrected chi connectivity index (χ1v) is 11.4. The van der Waals surface area contributed by atoms with Crippen molar-refractivity contribution in [3.63, 3.8) is 0 Å². The van der Waals surface area contributed by atoms with Crippen molar-refractivity contribution < 1.29 is 4.39 Å². The van der Waals surface area contributed by atoms with Gasteiger partial charge < -0.3 is 0 Å². The number of terminal acetylenes is 1. The predicted octanol–water partition coefficient (Wildman–Crippen LogP) is 6.45. The summed E-state index contributed by atoms with van der Waals surface area (Å²) in [7, 11) is 0. The van der Waals surface area contributed by atoms with Crippen LogP contribution in [0.25, 0.3) is 50.0 Å². The van der Waals surface area contributed by atoms with Crippen LogP contribution in [0.3, 0.4) is 0 Å². The van der Waals surface area contributed by atoms with Crippen LogP contribution >= 0.6 is 0 Å². The number of hydrogen-bond acceptors (Lipinski definition) is 3. The minimum Gasteiger partial charge on any atom is -0.262 e. The number of pyridine rings is 1. The summed E-state index contributed by atoms with van der Waals surface area (Å²) < 4.78 is 15.6. The van der Waals surface area contributed by atoms with E-state index in [0.717, 1.165) is 55.6 Å². The highest BCUT2D eigenvalue weighted by Crippen LogP contribution is 2.37. The molecular formula is C29H22FN5. The molecule has 0 saturated carbocycles. The molecule has 0 amide bonds. The van der Waals surface area contributed by atoms with Crippen LogP contribution in [0.1, 0.15) is 25.2 Å². The van der Waals surface area contributed by atoms with E-state index < -0.39 is 0 Å². The molecule has 0 aliphatic carbocycles. The number of aryl methyl sites for hydroxylation is 1. The summed E-state index contributed by atoms with van der Waals surface area (Å²) in [6.07, 6.45) is 7.58. The standard InChI is InChI=1S/C29H22FN5/c1-5-29(3,4)21-10-6-19(7-11-21)23-14-20(18-8-12-22(30)13-9-18)15-24-26(23)31-16-25-27(24)32-28-34-33-17(2)35(25)28/h1,6-16H,2-4H3,(H,32,34). The van der Waals surface area contributed by atoms with Gasteiger partial charge in [-0.15, -0.1) is 6.42 Å². The van der Waals surface area contributed by atoms with Gasteiger partial charge in [-0.25, -0.2) is 14.5 Å². The molecule has 0 fully saturated rings. The number of hydrogen-bond donors (Lipinski definition) is 1. The summed E-state index contributed by atoms with van der Waals surface area (Å²) in [6, 6.07) is 19.0. The van der Waals surface area contributed by atoms with Crippen molar-refractivity contribution in [1.82, 2.24) is 24.6 Å². The van der Waals surface area contributed by atoms with Gasteiger partial charge in [-0.05, 0) is 67.3 Å². The second-order valence-electron chi connectivity index (χ2n) is 9.31. The molecule has 6 rings (SSSR count). The number of aromatic amines is 1. The lowest BCUT2D eigenvalue weighted by atomic mass is 9.84. The molecule has 5 nitrogen and oxygen atoms in total. The molecule has 3 heterocycles. The monoisotopic (exact) mass is 459 g/mol. The first-order chi connectivity index (χ1) is 16.9. The lowest BCUT2D eigenvalue weighted by molar-refractivity contribution is 0.628. The Morgan fingerprint density at radius 3 is 2.37 bits per heavy atom. The van der Waals surface area contributed by atoms with Gasteiger partial charge in [0, 0.05) is 10.9 Å². The Bertz CT molecular complexity index is 1780. The Balaban J connectivity index is 1.65. The summed E-state index contributed by atoms with van der Waals surface area (Å²) in [6.45, 7) is 5.98. The van der Waals surface area contributed by atoms with E-state index in [4.69, 9.17) is 16.4 Å². The van der Waals surface area contributed by atoms with Crippen LogP contribution in [-0.4, -0.2) is 24.6 Å². The lowest BCUT2D eigenvalue weighted by Gasteiger charge is -2.18. The molecule has 3 aromatic heterocycles. The Kier molecular flexibility index (Phi) is 4.52. The van der Waals surface area contributed by atoms with Gasteiger partial charge in [0.05, 0.1) is 22.6 Å². The van der Waals surface area contributed by atoms with Gasteiger partial charge in [0.1, 0.15) is 17.2 Å². The topological polar surface area (TPSA) is 58.9 Å². The van der Waals surface area contributed by atoms with Crippen molar-refractivity contribution in [2.45, 2.75) is 26.2 Å². The maximum absolute atomic E-state index is 13.6. The number of H-pyrrole nitrogens is 1. The molecule has 170 valence electrons. The number of benzene rings is 3. The third-order valence-electron chi connectivity index (χ3n) is 6.69. The first kappa shape index (κ1) is 21.1. The second-order valence-corrected chi connectivity index (χ2v) is 9.31. The third kappa shape index (κ3) is 3.28. The van der Waals surface area contributed by atoms with Gasteiger partial charge in [-0.1, -0.05) is 42.3 Å². The fourth-order valence-electron chi connectivity index (χ4n) is 4.59. The Hall–Kier alpha value is -4.50. The number of fused-ring (bicyclic) bond motifs is 5. The molecular weight excluding hydrogens is 437 g/mol. The first-order valence-electron chi connectivity index (χ1n) is 11.4. The van der Waals surface area contributed by atoms with Gasteiger partial charge in [-0.2, -0.15) is 5.10 Å². The SMILES string of the molecule is C#CC(C)(C)c1ccc(-c2cc(-c3ccc(F)cc3)cc3c2ncc2c3nc3[nH]nc(C)n32)cc1. The van der Waals surface area contributed by atoms with Crippen LogP contribution in [0.2, 0.25) is 0 Å². The molecule has 0 saturated heterocycles. The van der Waals surface area contributed by atoms with Crippen LogP contribution in [0.4, 0.5) is 4.39 Å². The normalized spacial score (nSPS) is 12.0. The molecule has 0 aliphatic rings. The van der Waals surface area contributed by atoms with Gasteiger partial charge in [0.2, 0.25) is 5.78 Å². The number of nitrogens with one attached hydrogen (secondary N) is 1.